The Bertz CT molecular complexity index is 1350. The number of anilines is 1. The van der Waals surface area contributed by atoms with Gasteiger partial charge in [0.05, 0.1) is 24.5 Å². The molecule has 192 valence electrons. The summed E-state index contributed by atoms with van der Waals surface area (Å²) in [5.74, 6) is 0.694. The van der Waals surface area contributed by atoms with Crippen LogP contribution in [0.1, 0.15) is 37.3 Å². The summed E-state index contributed by atoms with van der Waals surface area (Å²) in [5.41, 5.74) is 2.71. The number of carbonyl (C=O) groups excluding carboxylic acids is 1. The van der Waals surface area contributed by atoms with Crippen molar-refractivity contribution in [1.82, 2.24) is 24.6 Å². The molecule has 0 bridgehead atoms. The molecule has 0 aliphatic carbocycles. The molecule has 1 fully saturated rings. The van der Waals surface area contributed by atoms with Crippen molar-refractivity contribution in [3.8, 4) is 5.69 Å². The summed E-state index contributed by atoms with van der Waals surface area (Å²) in [7, 11) is 0. The molecule has 0 radical (unpaired) electrons. The highest BCUT2D eigenvalue weighted by Gasteiger charge is 2.30. The predicted octanol–water partition coefficient (Wildman–Crippen LogP) is 3.39. The fourth-order valence-corrected chi connectivity index (χ4v) is 4.76. The fraction of sp³-hybridized carbons (Fsp3) is 0.321. The molecule has 0 spiro atoms. The Labute approximate surface area is 215 Å². The highest BCUT2D eigenvalue weighted by molar-refractivity contribution is 5.83. The molecular formula is C28H32N6O3. The summed E-state index contributed by atoms with van der Waals surface area (Å²) in [5, 5.41) is 7.24. The van der Waals surface area contributed by atoms with Crippen LogP contribution < -0.4 is 15.9 Å². The summed E-state index contributed by atoms with van der Waals surface area (Å²) in [6.45, 7) is 7.31. The highest BCUT2D eigenvalue weighted by Crippen LogP contribution is 2.25. The largest absolute Gasteiger partial charge is 0.467 e. The first-order valence-corrected chi connectivity index (χ1v) is 12.6. The summed E-state index contributed by atoms with van der Waals surface area (Å²) < 4.78 is 8.41. The summed E-state index contributed by atoms with van der Waals surface area (Å²) in [6, 6.07) is 21.2. The van der Waals surface area contributed by atoms with Gasteiger partial charge in [-0.15, -0.1) is 0 Å². The summed E-state index contributed by atoms with van der Waals surface area (Å²) in [6.07, 6.45) is 3.18. The van der Waals surface area contributed by atoms with Crippen LogP contribution in [-0.2, 0) is 11.3 Å². The SMILES string of the molecule is CC(C)n1ncn(-c2ccc(N3CCN(C(C(=O)NCc4ccco4)c4ccccc4)CC3)cc2)c1=O. The third-order valence-electron chi connectivity index (χ3n) is 6.74. The number of nitrogens with one attached hydrogen (secondary N) is 1. The zero-order valence-electron chi connectivity index (χ0n) is 21.2. The number of benzene rings is 2. The monoisotopic (exact) mass is 500 g/mol. The molecule has 2 aromatic heterocycles. The predicted molar refractivity (Wildman–Crippen MR) is 142 cm³/mol. The lowest BCUT2D eigenvalue weighted by Gasteiger charge is -2.39. The number of piperazine rings is 1. The number of amides is 1. The van der Waals surface area contributed by atoms with Crippen LogP contribution in [0.4, 0.5) is 5.69 Å². The molecule has 1 atom stereocenters. The molecule has 1 N–H and O–H groups in total. The van der Waals surface area contributed by atoms with Gasteiger partial charge in [0.1, 0.15) is 18.1 Å². The van der Waals surface area contributed by atoms with Crippen LogP contribution in [0.2, 0.25) is 0 Å². The Morgan fingerprint density at radius 1 is 0.946 bits per heavy atom. The first-order chi connectivity index (χ1) is 18.0. The van der Waals surface area contributed by atoms with Crippen molar-refractivity contribution >= 4 is 11.6 Å². The molecule has 1 amide bonds. The van der Waals surface area contributed by atoms with Gasteiger partial charge < -0.3 is 14.6 Å². The van der Waals surface area contributed by atoms with Gasteiger partial charge in [-0.05, 0) is 55.8 Å². The van der Waals surface area contributed by atoms with Crippen LogP contribution in [0.15, 0.2) is 88.5 Å². The van der Waals surface area contributed by atoms with E-state index < -0.39 is 0 Å². The lowest BCUT2D eigenvalue weighted by atomic mass is 10.0. The number of hydrogen-bond acceptors (Lipinski definition) is 6. The molecular weight excluding hydrogens is 468 g/mol. The second kappa shape index (κ2) is 10.9. The van der Waals surface area contributed by atoms with Crippen LogP contribution >= 0.6 is 0 Å². The Kier molecular flexibility index (Phi) is 7.23. The topological polar surface area (TPSA) is 88.5 Å². The third-order valence-corrected chi connectivity index (χ3v) is 6.74. The van der Waals surface area contributed by atoms with Crippen molar-refractivity contribution in [2.75, 3.05) is 31.1 Å². The molecule has 2 aromatic carbocycles. The maximum atomic E-state index is 13.3. The number of carbonyl (C=O) groups is 1. The quantitative estimate of drug-likeness (QED) is 0.399. The van der Waals surface area contributed by atoms with Gasteiger partial charge in [-0.1, -0.05) is 30.3 Å². The van der Waals surface area contributed by atoms with Gasteiger partial charge >= 0.3 is 5.69 Å². The molecule has 37 heavy (non-hydrogen) atoms. The van der Waals surface area contributed by atoms with E-state index in [0.29, 0.717) is 6.54 Å². The number of nitrogens with zero attached hydrogens (tertiary/aromatic N) is 5. The average Bonchev–Trinajstić information content (AvgIpc) is 3.59. The van der Waals surface area contributed by atoms with Crippen LogP contribution in [0.25, 0.3) is 5.69 Å². The van der Waals surface area contributed by atoms with E-state index in [9.17, 15) is 9.59 Å². The normalized spacial score (nSPS) is 15.2. The molecule has 0 saturated carbocycles. The van der Waals surface area contributed by atoms with E-state index in [2.05, 4.69) is 20.2 Å². The standard InChI is InChI=1S/C28H32N6O3/c1-21(2)34-28(36)33(20-30-34)24-12-10-23(11-13-24)31-14-16-32(17-15-31)26(22-7-4-3-5-8-22)27(35)29-19-25-9-6-18-37-25/h3-13,18,20-21,26H,14-17,19H2,1-2H3,(H,29,35). The van der Waals surface area contributed by atoms with E-state index in [1.165, 1.54) is 4.68 Å². The summed E-state index contributed by atoms with van der Waals surface area (Å²) in [4.78, 5) is 30.4. The van der Waals surface area contributed by atoms with Gasteiger partial charge in [0, 0.05) is 31.9 Å². The second-order valence-corrected chi connectivity index (χ2v) is 9.47. The lowest BCUT2D eigenvalue weighted by molar-refractivity contribution is -0.127. The Hall–Kier alpha value is -4.11. The van der Waals surface area contributed by atoms with Crippen LogP contribution in [0, 0.1) is 0 Å². The van der Waals surface area contributed by atoms with Crippen molar-refractivity contribution in [2.45, 2.75) is 32.5 Å². The Balaban J connectivity index is 1.26. The first-order valence-electron chi connectivity index (χ1n) is 12.6. The molecule has 1 saturated heterocycles. The van der Waals surface area contributed by atoms with E-state index >= 15 is 0 Å². The van der Waals surface area contributed by atoms with E-state index in [-0.39, 0.29) is 23.7 Å². The Morgan fingerprint density at radius 2 is 1.65 bits per heavy atom. The van der Waals surface area contributed by atoms with E-state index in [0.717, 1.165) is 48.9 Å². The molecule has 1 unspecified atom stereocenters. The molecule has 9 nitrogen and oxygen atoms in total. The van der Waals surface area contributed by atoms with Crippen molar-refractivity contribution in [3.05, 3.63) is 101 Å². The van der Waals surface area contributed by atoms with Crippen molar-refractivity contribution in [1.29, 1.82) is 0 Å². The van der Waals surface area contributed by atoms with Gasteiger partial charge in [0.25, 0.3) is 0 Å². The van der Waals surface area contributed by atoms with Gasteiger partial charge in [-0.2, -0.15) is 5.10 Å². The summed E-state index contributed by atoms with van der Waals surface area (Å²) >= 11 is 0. The van der Waals surface area contributed by atoms with Crippen LogP contribution in [-0.4, -0.2) is 51.3 Å². The number of furan rings is 1. The zero-order chi connectivity index (χ0) is 25.8. The smallest absolute Gasteiger partial charge is 0.350 e. The number of hydrogen-bond donors (Lipinski definition) is 1. The third kappa shape index (κ3) is 5.36. The highest BCUT2D eigenvalue weighted by atomic mass is 16.3. The maximum absolute atomic E-state index is 13.3. The molecule has 1 aliphatic heterocycles. The Morgan fingerprint density at radius 3 is 2.27 bits per heavy atom. The van der Waals surface area contributed by atoms with E-state index in [1.807, 2.05) is 80.6 Å². The molecule has 3 heterocycles. The van der Waals surface area contributed by atoms with E-state index in [4.69, 9.17) is 4.42 Å². The minimum atomic E-state index is -0.370. The lowest BCUT2D eigenvalue weighted by Crippen LogP contribution is -2.51. The van der Waals surface area contributed by atoms with Gasteiger partial charge in [-0.25, -0.2) is 14.0 Å². The maximum Gasteiger partial charge on any atom is 0.350 e. The van der Waals surface area contributed by atoms with Crippen molar-refractivity contribution in [3.63, 3.8) is 0 Å². The second-order valence-electron chi connectivity index (χ2n) is 9.47. The van der Waals surface area contributed by atoms with Crippen LogP contribution in [0.3, 0.4) is 0 Å². The van der Waals surface area contributed by atoms with Gasteiger partial charge in [-0.3, -0.25) is 9.69 Å². The zero-order valence-corrected chi connectivity index (χ0v) is 21.2. The van der Waals surface area contributed by atoms with E-state index in [1.54, 1.807) is 17.2 Å². The van der Waals surface area contributed by atoms with Crippen molar-refractivity contribution < 1.29 is 9.21 Å². The first kappa shape index (κ1) is 24.6. The molecule has 9 heteroatoms. The number of aromatic nitrogens is 3. The van der Waals surface area contributed by atoms with Gasteiger partial charge in [0.15, 0.2) is 0 Å². The minimum absolute atomic E-state index is 0.0104. The van der Waals surface area contributed by atoms with Crippen LogP contribution in [0.5, 0.6) is 0 Å². The fourth-order valence-electron chi connectivity index (χ4n) is 4.76. The van der Waals surface area contributed by atoms with Crippen molar-refractivity contribution in [2.24, 2.45) is 0 Å². The molecule has 5 rings (SSSR count). The molecule has 4 aromatic rings. The van der Waals surface area contributed by atoms with Gasteiger partial charge in [0.2, 0.25) is 5.91 Å². The molecule has 1 aliphatic rings. The number of rotatable bonds is 8. The minimum Gasteiger partial charge on any atom is -0.467 e. The average molecular weight is 501 g/mol.